The van der Waals surface area contributed by atoms with Crippen LogP contribution in [0.2, 0.25) is 0 Å². The maximum absolute atomic E-state index is 5.55. The summed E-state index contributed by atoms with van der Waals surface area (Å²) in [5, 5.41) is 3.34. The van der Waals surface area contributed by atoms with Crippen molar-refractivity contribution in [2.24, 2.45) is 0 Å². The fourth-order valence-electron chi connectivity index (χ4n) is 1.76. The number of halogens is 1. The first-order chi connectivity index (χ1) is 7.34. The summed E-state index contributed by atoms with van der Waals surface area (Å²) in [7, 11) is 0. The van der Waals surface area contributed by atoms with E-state index in [-0.39, 0.29) is 0 Å². The maximum Gasteiger partial charge on any atom is 0.0592 e. The van der Waals surface area contributed by atoms with E-state index in [1.165, 1.54) is 12.8 Å². The van der Waals surface area contributed by atoms with Gasteiger partial charge in [0.15, 0.2) is 0 Å². The zero-order chi connectivity index (χ0) is 10.5. The summed E-state index contributed by atoms with van der Waals surface area (Å²) in [5.74, 6) is 0. The lowest BCUT2D eigenvalue weighted by Crippen LogP contribution is -2.12. The topological polar surface area (TPSA) is 34.2 Å². The lowest BCUT2D eigenvalue weighted by Gasteiger charge is -2.10. The Labute approximate surface area is 98.4 Å². The fraction of sp³-hybridized carbons (Fsp3) is 0.545. The SMILES string of the molecule is Brc1cncc(NCCC2CCCO2)c1. The van der Waals surface area contributed by atoms with Crippen LogP contribution in [0, 0.1) is 0 Å². The van der Waals surface area contributed by atoms with Crippen molar-refractivity contribution in [1.29, 1.82) is 0 Å². The van der Waals surface area contributed by atoms with Gasteiger partial charge in [-0.1, -0.05) is 0 Å². The van der Waals surface area contributed by atoms with Crippen molar-refractivity contribution in [1.82, 2.24) is 4.98 Å². The van der Waals surface area contributed by atoms with Crippen LogP contribution < -0.4 is 5.32 Å². The van der Waals surface area contributed by atoms with Gasteiger partial charge >= 0.3 is 0 Å². The molecule has 2 heterocycles. The molecule has 0 aromatic carbocycles. The highest BCUT2D eigenvalue weighted by Crippen LogP contribution is 2.17. The molecule has 0 saturated carbocycles. The van der Waals surface area contributed by atoms with Gasteiger partial charge in [0.2, 0.25) is 0 Å². The Hall–Kier alpha value is -0.610. The number of pyridine rings is 1. The number of ether oxygens (including phenoxy) is 1. The molecule has 15 heavy (non-hydrogen) atoms. The average molecular weight is 271 g/mol. The van der Waals surface area contributed by atoms with Crippen molar-refractivity contribution in [2.75, 3.05) is 18.5 Å². The van der Waals surface area contributed by atoms with Crippen LogP contribution in [-0.2, 0) is 4.74 Å². The quantitative estimate of drug-likeness (QED) is 0.914. The molecule has 1 atom stereocenters. The van der Waals surface area contributed by atoms with Gasteiger partial charge in [-0.3, -0.25) is 4.98 Å². The molecule has 1 saturated heterocycles. The monoisotopic (exact) mass is 270 g/mol. The average Bonchev–Trinajstić information content (AvgIpc) is 2.71. The van der Waals surface area contributed by atoms with E-state index in [2.05, 4.69) is 26.2 Å². The van der Waals surface area contributed by atoms with Crippen LogP contribution in [0.25, 0.3) is 0 Å². The van der Waals surface area contributed by atoms with Gasteiger partial charge in [-0.05, 0) is 41.3 Å². The number of nitrogens with one attached hydrogen (secondary N) is 1. The molecule has 1 aliphatic rings. The van der Waals surface area contributed by atoms with Crippen LogP contribution in [0.1, 0.15) is 19.3 Å². The minimum Gasteiger partial charge on any atom is -0.384 e. The van der Waals surface area contributed by atoms with Gasteiger partial charge in [-0.15, -0.1) is 0 Å². The van der Waals surface area contributed by atoms with E-state index in [9.17, 15) is 0 Å². The van der Waals surface area contributed by atoms with Gasteiger partial charge in [0.05, 0.1) is 18.0 Å². The predicted octanol–water partition coefficient (Wildman–Crippen LogP) is 2.83. The van der Waals surface area contributed by atoms with E-state index in [0.717, 1.165) is 29.7 Å². The second-order valence-electron chi connectivity index (χ2n) is 3.74. The molecular weight excluding hydrogens is 256 g/mol. The fourth-order valence-corrected chi connectivity index (χ4v) is 2.12. The Balaban J connectivity index is 1.73. The van der Waals surface area contributed by atoms with E-state index >= 15 is 0 Å². The number of aromatic nitrogens is 1. The Morgan fingerprint density at radius 1 is 1.53 bits per heavy atom. The van der Waals surface area contributed by atoms with Gasteiger partial charge in [-0.25, -0.2) is 0 Å². The van der Waals surface area contributed by atoms with Crippen molar-refractivity contribution in [3.63, 3.8) is 0 Å². The standard InChI is InChI=1S/C11H15BrN2O/c12-9-6-10(8-13-7-9)14-4-3-11-2-1-5-15-11/h6-8,11,14H,1-5H2. The number of anilines is 1. The summed E-state index contributed by atoms with van der Waals surface area (Å²) in [6, 6.07) is 2.03. The third-order valence-corrected chi connectivity index (χ3v) is 2.96. The molecule has 1 aromatic rings. The molecule has 1 aliphatic heterocycles. The lowest BCUT2D eigenvalue weighted by molar-refractivity contribution is 0.107. The number of hydrogen-bond donors (Lipinski definition) is 1. The molecule has 1 unspecified atom stereocenters. The van der Waals surface area contributed by atoms with Crippen LogP contribution in [0.4, 0.5) is 5.69 Å². The van der Waals surface area contributed by atoms with Gasteiger partial charge in [0.1, 0.15) is 0 Å². The van der Waals surface area contributed by atoms with E-state index in [1.54, 1.807) is 6.20 Å². The molecule has 0 radical (unpaired) electrons. The first kappa shape index (κ1) is 10.9. The second kappa shape index (κ2) is 5.47. The summed E-state index contributed by atoms with van der Waals surface area (Å²) < 4.78 is 6.55. The molecule has 1 N–H and O–H groups in total. The summed E-state index contributed by atoms with van der Waals surface area (Å²) in [5.41, 5.74) is 1.06. The van der Waals surface area contributed by atoms with Crippen molar-refractivity contribution in [3.05, 3.63) is 22.9 Å². The first-order valence-corrected chi connectivity index (χ1v) is 6.10. The number of hydrogen-bond acceptors (Lipinski definition) is 3. The summed E-state index contributed by atoms with van der Waals surface area (Å²) >= 11 is 3.39. The highest BCUT2D eigenvalue weighted by atomic mass is 79.9. The zero-order valence-electron chi connectivity index (χ0n) is 8.58. The molecule has 0 amide bonds. The highest BCUT2D eigenvalue weighted by molar-refractivity contribution is 9.10. The third-order valence-electron chi connectivity index (χ3n) is 2.52. The Morgan fingerprint density at radius 2 is 2.47 bits per heavy atom. The Kier molecular flexibility index (Phi) is 3.97. The van der Waals surface area contributed by atoms with Crippen LogP contribution in [-0.4, -0.2) is 24.2 Å². The van der Waals surface area contributed by atoms with E-state index < -0.39 is 0 Å². The molecule has 1 fully saturated rings. The summed E-state index contributed by atoms with van der Waals surface area (Å²) in [6.07, 6.45) is 7.57. The molecule has 0 bridgehead atoms. The van der Waals surface area contributed by atoms with Crippen LogP contribution in [0.15, 0.2) is 22.9 Å². The minimum atomic E-state index is 0.456. The molecular formula is C11H15BrN2O. The van der Waals surface area contributed by atoms with E-state index in [4.69, 9.17) is 4.74 Å². The third kappa shape index (κ3) is 3.47. The summed E-state index contributed by atoms with van der Waals surface area (Å²) in [4.78, 5) is 4.09. The highest BCUT2D eigenvalue weighted by Gasteiger charge is 2.14. The second-order valence-corrected chi connectivity index (χ2v) is 4.66. The van der Waals surface area contributed by atoms with Crippen molar-refractivity contribution < 1.29 is 4.74 Å². The van der Waals surface area contributed by atoms with Gasteiger partial charge in [0, 0.05) is 23.8 Å². The number of rotatable bonds is 4. The van der Waals surface area contributed by atoms with E-state index in [0.29, 0.717) is 6.10 Å². The predicted molar refractivity (Wildman–Crippen MR) is 64.0 cm³/mol. The molecule has 82 valence electrons. The van der Waals surface area contributed by atoms with Gasteiger partial charge < -0.3 is 10.1 Å². The molecule has 0 spiro atoms. The normalized spacial score (nSPS) is 20.5. The van der Waals surface area contributed by atoms with E-state index in [1.807, 2.05) is 12.3 Å². The first-order valence-electron chi connectivity index (χ1n) is 5.30. The Bertz CT molecular complexity index is 313. The largest absolute Gasteiger partial charge is 0.384 e. The number of nitrogens with zero attached hydrogens (tertiary/aromatic N) is 1. The molecule has 2 rings (SSSR count). The van der Waals surface area contributed by atoms with Crippen molar-refractivity contribution in [2.45, 2.75) is 25.4 Å². The van der Waals surface area contributed by atoms with Crippen LogP contribution in [0.5, 0.6) is 0 Å². The molecule has 4 heteroatoms. The minimum absolute atomic E-state index is 0.456. The van der Waals surface area contributed by atoms with Crippen molar-refractivity contribution in [3.8, 4) is 0 Å². The maximum atomic E-state index is 5.55. The molecule has 3 nitrogen and oxygen atoms in total. The lowest BCUT2D eigenvalue weighted by atomic mass is 10.2. The van der Waals surface area contributed by atoms with Crippen molar-refractivity contribution >= 4 is 21.6 Å². The Morgan fingerprint density at radius 3 is 3.20 bits per heavy atom. The van der Waals surface area contributed by atoms with Crippen LogP contribution >= 0.6 is 15.9 Å². The smallest absolute Gasteiger partial charge is 0.0592 e. The molecule has 1 aromatic heterocycles. The van der Waals surface area contributed by atoms with Crippen LogP contribution in [0.3, 0.4) is 0 Å². The molecule has 0 aliphatic carbocycles. The van der Waals surface area contributed by atoms with Gasteiger partial charge in [0.25, 0.3) is 0 Å². The summed E-state index contributed by atoms with van der Waals surface area (Å²) in [6.45, 7) is 1.88. The van der Waals surface area contributed by atoms with Gasteiger partial charge in [-0.2, -0.15) is 0 Å². The zero-order valence-corrected chi connectivity index (χ0v) is 10.2.